The van der Waals surface area contributed by atoms with E-state index in [9.17, 15) is 5.11 Å². The van der Waals surface area contributed by atoms with Crippen LogP contribution < -0.4 is 0 Å². The minimum atomic E-state index is 0.266. The minimum Gasteiger partial charge on any atom is -0.508 e. The van der Waals surface area contributed by atoms with Gasteiger partial charge in [-0.05, 0) is 52.4 Å². The fourth-order valence-corrected chi connectivity index (χ4v) is 3.15. The first-order valence-electron chi connectivity index (χ1n) is 7.23. The van der Waals surface area contributed by atoms with E-state index in [1.807, 2.05) is 13.0 Å². The van der Waals surface area contributed by atoms with Gasteiger partial charge in [0.1, 0.15) is 5.75 Å². The monoisotopic (exact) mass is 262 g/mol. The molecule has 1 aliphatic rings. The quantitative estimate of drug-likeness (QED) is 0.888. The first kappa shape index (κ1) is 14.4. The van der Waals surface area contributed by atoms with E-state index in [1.165, 1.54) is 6.42 Å². The molecular formula is C16H26N2O. The van der Waals surface area contributed by atoms with Gasteiger partial charge in [0.05, 0.1) is 0 Å². The van der Waals surface area contributed by atoms with E-state index >= 15 is 0 Å². The van der Waals surface area contributed by atoms with Crippen molar-refractivity contribution in [2.24, 2.45) is 0 Å². The number of aryl methyl sites for hydroxylation is 1. The predicted octanol–water partition coefficient (Wildman–Crippen LogP) is 2.79. The molecule has 3 nitrogen and oxygen atoms in total. The van der Waals surface area contributed by atoms with Crippen LogP contribution in [0, 0.1) is 6.92 Å². The summed E-state index contributed by atoms with van der Waals surface area (Å²) in [7, 11) is 2.19. The van der Waals surface area contributed by atoms with Crippen molar-refractivity contribution in [3.05, 3.63) is 29.3 Å². The Morgan fingerprint density at radius 3 is 2.74 bits per heavy atom. The molecule has 1 saturated heterocycles. The third kappa shape index (κ3) is 3.28. The second-order valence-electron chi connectivity index (χ2n) is 5.94. The number of phenolic OH excluding ortho intramolecular Hbond substituents is 1. The second-order valence-corrected chi connectivity index (χ2v) is 5.94. The van der Waals surface area contributed by atoms with Crippen molar-refractivity contribution < 1.29 is 5.11 Å². The lowest BCUT2D eigenvalue weighted by atomic mass is 10.0. The molecule has 1 heterocycles. The lowest BCUT2D eigenvalue weighted by molar-refractivity contribution is 0.151. The molecule has 2 unspecified atom stereocenters. The van der Waals surface area contributed by atoms with E-state index < -0.39 is 0 Å². The van der Waals surface area contributed by atoms with E-state index in [2.05, 4.69) is 42.8 Å². The Bertz CT molecular complexity index is 433. The zero-order valence-corrected chi connectivity index (χ0v) is 12.6. The van der Waals surface area contributed by atoms with Crippen molar-refractivity contribution in [2.75, 3.05) is 26.7 Å². The molecule has 2 rings (SSSR count). The third-order valence-electron chi connectivity index (χ3n) is 4.23. The maximum Gasteiger partial charge on any atom is 0.120 e. The highest BCUT2D eigenvalue weighted by Gasteiger charge is 2.26. The molecule has 2 atom stereocenters. The molecule has 3 heteroatoms. The average molecular weight is 262 g/mol. The molecule has 0 saturated carbocycles. The van der Waals surface area contributed by atoms with Crippen molar-refractivity contribution in [3.8, 4) is 5.75 Å². The van der Waals surface area contributed by atoms with Crippen molar-refractivity contribution in [1.82, 2.24) is 9.80 Å². The molecular weight excluding hydrogens is 236 g/mol. The molecule has 0 aliphatic carbocycles. The second kappa shape index (κ2) is 5.93. The van der Waals surface area contributed by atoms with Gasteiger partial charge in [-0.15, -0.1) is 0 Å². The highest BCUT2D eigenvalue weighted by Crippen LogP contribution is 2.31. The molecule has 0 radical (unpaired) electrons. The summed E-state index contributed by atoms with van der Waals surface area (Å²) in [6.45, 7) is 9.85. The standard InChI is InChI=1S/C16H26N2O/c1-12-6-7-15(16(19)10-12)14(3)18-9-5-8-17(4)11-13(18)2/h6-7,10,13-14,19H,5,8-9,11H2,1-4H3. The molecule has 0 amide bonds. The normalized spacial score (nSPS) is 24.1. The van der Waals surface area contributed by atoms with E-state index in [0.717, 1.165) is 30.8 Å². The molecule has 0 spiro atoms. The maximum absolute atomic E-state index is 10.2. The van der Waals surface area contributed by atoms with Gasteiger partial charge < -0.3 is 10.0 Å². The molecule has 1 aliphatic heterocycles. The summed E-state index contributed by atoms with van der Waals surface area (Å²) in [5, 5.41) is 10.2. The van der Waals surface area contributed by atoms with E-state index in [0.29, 0.717) is 11.8 Å². The predicted molar refractivity (Wildman–Crippen MR) is 79.5 cm³/mol. The Kier molecular flexibility index (Phi) is 4.48. The lowest BCUT2D eigenvalue weighted by Gasteiger charge is -2.34. The molecule has 1 N–H and O–H groups in total. The number of hydrogen-bond donors (Lipinski definition) is 1. The Labute approximate surface area is 116 Å². The van der Waals surface area contributed by atoms with E-state index in [-0.39, 0.29) is 6.04 Å². The number of benzene rings is 1. The van der Waals surface area contributed by atoms with Crippen LogP contribution in [0.5, 0.6) is 5.75 Å². The van der Waals surface area contributed by atoms with Gasteiger partial charge in [0.25, 0.3) is 0 Å². The highest BCUT2D eigenvalue weighted by molar-refractivity contribution is 5.38. The van der Waals surface area contributed by atoms with E-state index in [1.54, 1.807) is 0 Å². The number of hydrogen-bond acceptors (Lipinski definition) is 3. The van der Waals surface area contributed by atoms with Crippen molar-refractivity contribution in [2.45, 2.75) is 39.3 Å². The minimum absolute atomic E-state index is 0.266. The van der Waals surface area contributed by atoms with Crippen LogP contribution in [0.3, 0.4) is 0 Å². The smallest absolute Gasteiger partial charge is 0.120 e. The number of rotatable bonds is 2. The molecule has 0 bridgehead atoms. The lowest BCUT2D eigenvalue weighted by Crippen LogP contribution is -2.39. The Morgan fingerprint density at radius 1 is 1.32 bits per heavy atom. The maximum atomic E-state index is 10.2. The van der Waals surface area contributed by atoms with Crippen LogP contribution in [0.2, 0.25) is 0 Å². The van der Waals surface area contributed by atoms with Crippen LogP contribution in [0.15, 0.2) is 18.2 Å². The van der Waals surface area contributed by atoms with Gasteiger partial charge in [0.2, 0.25) is 0 Å². The summed E-state index contributed by atoms with van der Waals surface area (Å²) in [6, 6.07) is 6.79. The fourth-order valence-electron chi connectivity index (χ4n) is 3.15. The first-order chi connectivity index (χ1) is 8.99. The van der Waals surface area contributed by atoms with Crippen LogP contribution in [-0.2, 0) is 0 Å². The van der Waals surface area contributed by atoms with Gasteiger partial charge >= 0.3 is 0 Å². The van der Waals surface area contributed by atoms with Crippen LogP contribution in [0.25, 0.3) is 0 Å². The van der Waals surface area contributed by atoms with Crippen LogP contribution >= 0.6 is 0 Å². The Morgan fingerprint density at radius 2 is 2.05 bits per heavy atom. The van der Waals surface area contributed by atoms with Crippen molar-refractivity contribution >= 4 is 0 Å². The highest BCUT2D eigenvalue weighted by atomic mass is 16.3. The summed E-state index contributed by atoms with van der Waals surface area (Å²) in [6.07, 6.45) is 1.19. The SMILES string of the molecule is Cc1ccc(C(C)N2CCCN(C)CC2C)c(O)c1. The zero-order valence-electron chi connectivity index (χ0n) is 12.6. The zero-order chi connectivity index (χ0) is 14.0. The van der Waals surface area contributed by atoms with Gasteiger partial charge in [-0.25, -0.2) is 0 Å². The third-order valence-corrected chi connectivity index (χ3v) is 4.23. The molecule has 1 fully saturated rings. The number of nitrogens with zero attached hydrogens (tertiary/aromatic N) is 2. The van der Waals surface area contributed by atoms with Gasteiger partial charge in [-0.1, -0.05) is 12.1 Å². The molecule has 1 aromatic rings. The summed E-state index contributed by atoms with van der Waals surface area (Å²) in [5.41, 5.74) is 2.15. The van der Waals surface area contributed by atoms with Crippen LogP contribution in [0.4, 0.5) is 0 Å². The van der Waals surface area contributed by atoms with Crippen molar-refractivity contribution in [3.63, 3.8) is 0 Å². The van der Waals surface area contributed by atoms with Crippen LogP contribution in [-0.4, -0.2) is 47.6 Å². The van der Waals surface area contributed by atoms with Gasteiger partial charge in [0, 0.05) is 30.7 Å². The van der Waals surface area contributed by atoms with Crippen LogP contribution in [0.1, 0.15) is 37.4 Å². The molecule has 19 heavy (non-hydrogen) atoms. The van der Waals surface area contributed by atoms with Gasteiger partial charge in [-0.2, -0.15) is 0 Å². The summed E-state index contributed by atoms with van der Waals surface area (Å²) >= 11 is 0. The molecule has 1 aromatic carbocycles. The molecule has 106 valence electrons. The number of phenols is 1. The van der Waals surface area contributed by atoms with Crippen molar-refractivity contribution in [1.29, 1.82) is 0 Å². The summed E-state index contributed by atoms with van der Waals surface area (Å²) in [4.78, 5) is 4.90. The van der Waals surface area contributed by atoms with E-state index in [4.69, 9.17) is 0 Å². The number of likely N-dealkylation sites (N-methyl/N-ethyl adjacent to an activating group) is 1. The largest absolute Gasteiger partial charge is 0.508 e. The summed E-state index contributed by atoms with van der Waals surface area (Å²) in [5.74, 6) is 0.428. The average Bonchev–Trinajstić information content (AvgIpc) is 2.49. The van der Waals surface area contributed by atoms with Gasteiger partial charge in [-0.3, -0.25) is 4.90 Å². The molecule has 0 aromatic heterocycles. The Balaban J connectivity index is 2.19. The first-order valence-corrected chi connectivity index (χ1v) is 7.23. The Hall–Kier alpha value is -1.06. The fraction of sp³-hybridized carbons (Fsp3) is 0.625. The summed E-state index contributed by atoms with van der Waals surface area (Å²) < 4.78 is 0. The number of aromatic hydroxyl groups is 1. The van der Waals surface area contributed by atoms with Gasteiger partial charge in [0.15, 0.2) is 0 Å². The topological polar surface area (TPSA) is 26.7 Å².